The number of amides is 3. The molecule has 0 saturated carbocycles. The number of fused-ring (bicyclic) bond motifs is 1. The molecule has 4 aromatic rings. The van der Waals surface area contributed by atoms with E-state index >= 15 is 4.39 Å². The smallest absolute Gasteiger partial charge is 0.320 e. The molecule has 7 rings (SSSR count). The first kappa shape index (κ1) is 24.8. The first-order valence-electron chi connectivity index (χ1n) is 14.0. The third kappa shape index (κ3) is 4.05. The second-order valence-electron chi connectivity index (χ2n) is 11.0. The Labute approximate surface area is 231 Å². The number of rotatable bonds is 4. The Kier molecular flexibility index (Phi) is 6.07. The normalized spacial score (nSPS) is 18.2. The molecule has 0 bridgehead atoms. The van der Waals surface area contributed by atoms with Gasteiger partial charge in [-0.05, 0) is 67.8 Å². The van der Waals surface area contributed by atoms with Crippen molar-refractivity contribution >= 4 is 39.6 Å². The summed E-state index contributed by atoms with van der Waals surface area (Å²) in [6, 6.07) is 8.83. The second kappa shape index (κ2) is 9.78. The van der Waals surface area contributed by atoms with Crippen LogP contribution in [0.1, 0.15) is 29.7 Å². The number of hydrogen-bond donors (Lipinski definition) is 2. The Morgan fingerprint density at radius 1 is 1.15 bits per heavy atom. The number of halogens is 1. The lowest BCUT2D eigenvalue weighted by Gasteiger charge is -2.35. The Morgan fingerprint density at radius 2 is 2.00 bits per heavy atom. The molecule has 1 aromatic carbocycles. The molecule has 10 heteroatoms. The van der Waals surface area contributed by atoms with Crippen molar-refractivity contribution in [2.75, 3.05) is 39.8 Å². The second-order valence-corrected chi connectivity index (χ2v) is 11.0. The van der Waals surface area contributed by atoms with E-state index < -0.39 is 0 Å². The van der Waals surface area contributed by atoms with Gasteiger partial charge < -0.3 is 25.0 Å². The number of carbonyl (C=O) groups excluding carboxylic acids is 2. The zero-order valence-corrected chi connectivity index (χ0v) is 22.5. The number of benzene rings is 1. The summed E-state index contributed by atoms with van der Waals surface area (Å²) in [7, 11) is 1.97. The predicted octanol–water partition coefficient (Wildman–Crippen LogP) is 3.34. The van der Waals surface area contributed by atoms with Gasteiger partial charge in [0.15, 0.2) is 0 Å². The fraction of sp³-hybridized carbons (Fsp3) is 0.367. The molecule has 0 atom stereocenters. The van der Waals surface area contributed by atoms with Gasteiger partial charge in [0.1, 0.15) is 11.5 Å². The molecule has 3 aliphatic heterocycles. The van der Waals surface area contributed by atoms with Gasteiger partial charge in [0, 0.05) is 62.6 Å². The number of aromatic nitrogens is 3. The molecule has 40 heavy (non-hydrogen) atoms. The summed E-state index contributed by atoms with van der Waals surface area (Å²) in [4.78, 5) is 34.9. The largest absolute Gasteiger partial charge is 0.348 e. The molecule has 0 aliphatic carbocycles. The van der Waals surface area contributed by atoms with Crippen LogP contribution in [0.25, 0.3) is 27.7 Å². The van der Waals surface area contributed by atoms with Gasteiger partial charge in [-0.25, -0.2) is 14.2 Å². The highest BCUT2D eigenvalue weighted by Crippen LogP contribution is 2.38. The fourth-order valence-electron chi connectivity index (χ4n) is 6.62. The molecule has 0 radical (unpaired) electrons. The molecule has 3 amide bonds. The van der Waals surface area contributed by atoms with Crippen molar-refractivity contribution < 1.29 is 14.0 Å². The van der Waals surface area contributed by atoms with E-state index in [1.165, 1.54) is 0 Å². The van der Waals surface area contributed by atoms with Crippen LogP contribution >= 0.6 is 0 Å². The van der Waals surface area contributed by atoms with Gasteiger partial charge in [-0.15, -0.1) is 0 Å². The lowest BCUT2D eigenvalue weighted by Crippen LogP contribution is -2.47. The van der Waals surface area contributed by atoms with Crippen LogP contribution < -0.4 is 10.6 Å². The number of imidazole rings is 1. The van der Waals surface area contributed by atoms with Crippen molar-refractivity contribution in [1.29, 1.82) is 0 Å². The van der Waals surface area contributed by atoms with Gasteiger partial charge in [0.25, 0.3) is 5.91 Å². The molecule has 1 fully saturated rings. The van der Waals surface area contributed by atoms with Crippen molar-refractivity contribution in [3.8, 4) is 0 Å². The Morgan fingerprint density at radius 3 is 2.83 bits per heavy atom. The van der Waals surface area contributed by atoms with Crippen LogP contribution in [0.4, 0.5) is 9.18 Å². The van der Waals surface area contributed by atoms with Crippen LogP contribution in [0.15, 0.2) is 48.9 Å². The highest BCUT2D eigenvalue weighted by molar-refractivity contribution is 6.31. The number of nitrogens with zero attached hydrogens (tertiary/aromatic N) is 5. The quantitative estimate of drug-likeness (QED) is 0.415. The number of pyridine rings is 1. The van der Waals surface area contributed by atoms with E-state index in [0.29, 0.717) is 43.4 Å². The molecule has 3 aliphatic rings. The van der Waals surface area contributed by atoms with E-state index in [4.69, 9.17) is 0 Å². The van der Waals surface area contributed by atoms with Crippen LogP contribution in [0.2, 0.25) is 0 Å². The van der Waals surface area contributed by atoms with Crippen LogP contribution in [0.5, 0.6) is 0 Å². The lowest BCUT2D eigenvalue weighted by atomic mass is 9.97. The maximum atomic E-state index is 15.1. The number of hydrogen-bond acceptors (Lipinski definition) is 4. The van der Waals surface area contributed by atoms with Gasteiger partial charge in [-0.1, -0.05) is 6.07 Å². The molecule has 9 nitrogen and oxygen atoms in total. The molecular formula is C30H32FN7O2. The van der Waals surface area contributed by atoms with Gasteiger partial charge in [0.05, 0.1) is 23.0 Å². The number of nitrogens with one attached hydrogen (secondary N) is 2. The van der Waals surface area contributed by atoms with E-state index in [9.17, 15) is 9.59 Å². The topological polar surface area (TPSA) is 86.9 Å². The average Bonchev–Trinajstić information content (AvgIpc) is 3.62. The summed E-state index contributed by atoms with van der Waals surface area (Å²) >= 11 is 0. The number of piperidine rings is 1. The minimum Gasteiger partial charge on any atom is -0.348 e. The summed E-state index contributed by atoms with van der Waals surface area (Å²) in [5.41, 5.74) is 5.38. The van der Waals surface area contributed by atoms with Crippen molar-refractivity contribution in [3.63, 3.8) is 0 Å². The molecule has 206 valence electrons. The van der Waals surface area contributed by atoms with E-state index in [1.807, 2.05) is 51.8 Å². The average molecular weight is 542 g/mol. The fourth-order valence-corrected chi connectivity index (χ4v) is 6.62. The number of carbonyl (C=O) groups is 2. The first-order chi connectivity index (χ1) is 19.5. The summed E-state index contributed by atoms with van der Waals surface area (Å²) in [5.74, 6) is 0.0790. The highest BCUT2D eigenvalue weighted by atomic mass is 19.1. The summed E-state index contributed by atoms with van der Waals surface area (Å²) in [6.07, 6.45) is 7.61. The monoisotopic (exact) mass is 541 g/mol. The predicted molar refractivity (Wildman–Crippen MR) is 151 cm³/mol. The Balaban J connectivity index is 1.25. The van der Waals surface area contributed by atoms with Gasteiger partial charge >= 0.3 is 6.03 Å². The van der Waals surface area contributed by atoms with Crippen LogP contribution in [0, 0.1) is 11.7 Å². The third-order valence-corrected chi connectivity index (χ3v) is 8.59. The van der Waals surface area contributed by atoms with Gasteiger partial charge in [-0.2, -0.15) is 0 Å². The minimum atomic E-state index is -0.349. The molecule has 6 heterocycles. The third-order valence-electron chi connectivity index (χ3n) is 8.59. The summed E-state index contributed by atoms with van der Waals surface area (Å²) < 4.78 is 19.2. The van der Waals surface area contributed by atoms with Crippen molar-refractivity contribution in [2.24, 2.45) is 5.92 Å². The van der Waals surface area contributed by atoms with Crippen molar-refractivity contribution in [1.82, 2.24) is 34.4 Å². The Bertz CT molecular complexity index is 1680. The maximum Gasteiger partial charge on any atom is 0.320 e. The van der Waals surface area contributed by atoms with E-state index in [0.717, 1.165) is 65.7 Å². The van der Waals surface area contributed by atoms with Crippen molar-refractivity contribution in [2.45, 2.75) is 25.9 Å². The minimum absolute atomic E-state index is 0.0227. The van der Waals surface area contributed by atoms with Crippen LogP contribution in [-0.4, -0.2) is 75.5 Å². The molecule has 1 saturated heterocycles. The number of urea groups is 1. The maximum absolute atomic E-state index is 15.1. The van der Waals surface area contributed by atoms with Crippen LogP contribution in [-0.2, 0) is 17.9 Å². The molecular weight excluding hydrogens is 509 g/mol. The highest BCUT2D eigenvalue weighted by Gasteiger charge is 2.32. The summed E-state index contributed by atoms with van der Waals surface area (Å²) in [5, 5.41) is 6.97. The number of likely N-dealkylation sites (tertiary alicyclic amines) is 1. The first-order valence-corrected chi connectivity index (χ1v) is 14.0. The van der Waals surface area contributed by atoms with Gasteiger partial charge in [-0.3, -0.25) is 9.20 Å². The zero-order chi connectivity index (χ0) is 27.4. The standard InChI is InChI=1S/C30H32FN7O2/c1-32-14-19-5-8-35(9-6-19)30(40)37-11-10-36-18-24(22-13-21(31)12-20(17-37)28(22)36)23-15-34-29(39)27(23)25-16-33-26-4-2-3-7-38(25)26/h2-4,7,12-13,16,18-19,32H,5-6,8-11,14-15,17H2,1H3,(H,34,39). The molecule has 0 unspecified atom stereocenters. The Hall–Kier alpha value is -4.18. The van der Waals surface area contributed by atoms with E-state index in [2.05, 4.69) is 20.2 Å². The summed E-state index contributed by atoms with van der Waals surface area (Å²) in [6.45, 7) is 4.30. The van der Waals surface area contributed by atoms with E-state index in [-0.39, 0.29) is 17.8 Å². The lowest BCUT2D eigenvalue weighted by molar-refractivity contribution is -0.114. The molecule has 0 spiro atoms. The SMILES string of the molecule is CNCC1CCN(C(=O)N2CCn3cc(C4=C(c5cnc6ccccn56)C(=O)NC4)c4cc(F)cc(c43)C2)CC1. The molecule has 3 aromatic heterocycles. The van der Waals surface area contributed by atoms with Gasteiger partial charge in [0.2, 0.25) is 0 Å². The van der Waals surface area contributed by atoms with Crippen LogP contribution in [0.3, 0.4) is 0 Å². The van der Waals surface area contributed by atoms with Crippen molar-refractivity contribution in [3.05, 3.63) is 71.6 Å². The molecule has 2 N–H and O–H groups in total. The zero-order valence-electron chi connectivity index (χ0n) is 22.5. The van der Waals surface area contributed by atoms with E-state index in [1.54, 1.807) is 18.3 Å².